The number of nitrogens with one attached hydrogen (secondary N) is 2. The van der Waals surface area contributed by atoms with Crippen LogP contribution < -0.4 is 5.32 Å². The van der Waals surface area contributed by atoms with Crippen LogP contribution in [0.1, 0.15) is 5.69 Å². The number of aromatic amines is 1. The quantitative estimate of drug-likeness (QED) is 0.533. The molecule has 48 valence electrons. The summed E-state index contributed by atoms with van der Waals surface area (Å²) < 4.78 is 0. The SMILES string of the molecule is Cc1n[nH]nc1NC=O. The van der Waals surface area contributed by atoms with E-state index in [9.17, 15) is 4.79 Å². The predicted molar refractivity (Wildman–Crippen MR) is 30.8 cm³/mol. The van der Waals surface area contributed by atoms with E-state index in [0.29, 0.717) is 17.9 Å². The summed E-state index contributed by atoms with van der Waals surface area (Å²) in [7, 11) is 0. The van der Waals surface area contributed by atoms with Crippen LogP contribution in [-0.2, 0) is 4.79 Å². The molecular weight excluding hydrogens is 120 g/mol. The highest BCUT2D eigenvalue weighted by Crippen LogP contribution is 2.01. The van der Waals surface area contributed by atoms with Crippen molar-refractivity contribution in [3.63, 3.8) is 0 Å². The maximum atomic E-state index is 9.83. The molecule has 0 radical (unpaired) electrons. The minimum absolute atomic E-state index is 0.477. The lowest BCUT2D eigenvalue weighted by atomic mass is 10.5. The van der Waals surface area contributed by atoms with E-state index in [1.165, 1.54) is 0 Å². The Hall–Kier alpha value is -1.39. The van der Waals surface area contributed by atoms with Crippen molar-refractivity contribution < 1.29 is 4.79 Å². The second kappa shape index (κ2) is 2.25. The highest BCUT2D eigenvalue weighted by Gasteiger charge is 1.97. The predicted octanol–water partition coefficient (Wildman–Crippen LogP) is -0.319. The highest BCUT2D eigenvalue weighted by atomic mass is 16.1. The zero-order valence-electron chi connectivity index (χ0n) is 4.88. The Labute approximate surface area is 51.5 Å². The molecule has 1 aromatic heterocycles. The Kier molecular flexibility index (Phi) is 1.44. The normalized spacial score (nSPS) is 9.00. The van der Waals surface area contributed by atoms with Crippen LogP contribution in [0.25, 0.3) is 0 Å². The van der Waals surface area contributed by atoms with E-state index in [2.05, 4.69) is 20.7 Å². The van der Waals surface area contributed by atoms with E-state index >= 15 is 0 Å². The molecule has 0 aliphatic heterocycles. The van der Waals surface area contributed by atoms with Gasteiger partial charge in [0.15, 0.2) is 5.82 Å². The van der Waals surface area contributed by atoms with Gasteiger partial charge in [0, 0.05) is 0 Å². The van der Waals surface area contributed by atoms with Gasteiger partial charge in [-0.2, -0.15) is 10.3 Å². The van der Waals surface area contributed by atoms with Crippen LogP contribution in [0.4, 0.5) is 5.82 Å². The van der Waals surface area contributed by atoms with Crippen molar-refractivity contribution in [3.05, 3.63) is 5.69 Å². The molecular formula is C4H6N4O. The maximum Gasteiger partial charge on any atom is 0.212 e. The van der Waals surface area contributed by atoms with Crippen LogP contribution in [-0.4, -0.2) is 21.8 Å². The molecule has 1 heterocycles. The fourth-order valence-corrected chi connectivity index (χ4v) is 0.476. The topological polar surface area (TPSA) is 70.7 Å². The molecule has 0 aromatic carbocycles. The first-order valence-corrected chi connectivity index (χ1v) is 2.42. The van der Waals surface area contributed by atoms with Gasteiger partial charge in [-0.25, -0.2) is 0 Å². The molecule has 1 aromatic rings. The number of carbonyl (C=O) groups is 1. The molecule has 0 saturated heterocycles. The van der Waals surface area contributed by atoms with Crippen molar-refractivity contribution >= 4 is 12.2 Å². The third-order valence-electron chi connectivity index (χ3n) is 0.918. The van der Waals surface area contributed by atoms with E-state index < -0.39 is 0 Å². The van der Waals surface area contributed by atoms with Crippen molar-refractivity contribution in [2.75, 3.05) is 5.32 Å². The molecule has 2 N–H and O–H groups in total. The minimum Gasteiger partial charge on any atom is -0.310 e. The number of aryl methyl sites for hydroxylation is 1. The maximum absolute atomic E-state index is 9.83. The van der Waals surface area contributed by atoms with Gasteiger partial charge in [0.05, 0.1) is 0 Å². The molecule has 0 saturated carbocycles. The Balaban J connectivity index is 2.80. The van der Waals surface area contributed by atoms with Crippen LogP contribution in [0, 0.1) is 6.92 Å². The molecule has 0 spiro atoms. The third-order valence-corrected chi connectivity index (χ3v) is 0.918. The number of hydrogen-bond acceptors (Lipinski definition) is 3. The van der Waals surface area contributed by atoms with Gasteiger partial charge < -0.3 is 5.32 Å². The first-order valence-electron chi connectivity index (χ1n) is 2.42. The van der Waals surface area contributed by atoms with Gasteiger partial charge >= 0.3 is 0 Å². The molecule has 5 nitrogen and oxygen atoms in total. The summed E-state index contributed by atoms with van der Waals surface area (Å²) in [5, 5.41) is 12.0. The zero-order valence-corrected chi connectivity index (χ0v) is 4.88. The molecule has 0 aliphatic carbocycles. The summed E-state index contributed by atoms with van der Waals surface area (Å²) in [6, 6.07) is 0. The minimum atomic E-state index is 0.477. The fourth-order valence-electron chi connectivity index (χ4n) is 0.476. The van der Waals surface area contributed by atoms with Crippen molar-refractivity contribution in [2.45, 2.75) is 6.92 Å². The summed E-state index contributed by atoms with van der Waals surface area (Å²) in [5.74, 6) is 0.477. The standard InChI is InChI=1S/C4H6N4O/c1-3-4(5-2-9)7-8-6-3/h2H,1H3,(H2,5,6,7,8,9). The highest BCUT2D eigenvalue weighted by molar-refractivity contribution is 5.69. The zero-order chi connectivity index (χ0) is 6.69. The number of nitrogens with zero attached hydrogens (tertiary/aromatic N) is 2. The van der Waals surface area contributed by atoms with Crippen LogP contribution in [0.3, 0.4) is 0 Å². The molecule has 5 heteroatoms. The van der Waals surface area contributed by atoms with Crippen molar-refractivity contribution in [3.8, 4) is 0 Å². The lowest BCUT2D eigenvalue weighted by Gasteiger charge is -1.87. The summed E-state index contributed by atoms with van der Waals surface area (Å²) in [6.45, 7) is 1.75. The summed E-state index contributed by atoms with van der Waals surface area (Å²) in [6.07, 6.45) is 0.560. The van der Waals surface area contributed by atoms with E-state index in [0.717, 1.165) is 0 Å². The lowest BCUT2D eigenvalue weighted by molar-refractivity contribution is -0.105. The van der Waals surface area contributed by atoms with Crippen molar-refractivity contribution in [1.29, 1.82) is 0 Å². The van der Waals surface area contributed by atoms with Crippen molar-refractivity contribution in [2.24, 2.45) is 0 Å². The molecule has 0 fully saturated rings. The largest absolute Gasteiger partial charge is 0.310 e. The van der Waals surface area contributed by atoms with Crippen LogP contribution in [0.15, 0.2) is 0 Å². The molecule has 1 rings (SSSR count). The van der Waals surface area contributed by atoms with Gasteiger partial charge in [0.25, 0.3) is 0 Å². The monoisotopic (exact) mass is 126 g/mol. The Morgan fingerprint density at radius 2 is 2.44 bits per heavy atom. The number of anilines is 1. The van der Waals surface area contributed by atoms with Gasteiger partial charge in [0.2, 0.25) is 6.41 Å². The van der Waals surface area contributed by atoms with Gasteiger partial charge in [-0.05, 0) is 6.92 Å². The smallest absolute Gasteiger partial charge is 0.212 e. The summed E-state index contributed by atoms with van der Waals surface area (Å²) >= 11 is 0. The second-order valence-electron chi connectivity index (χ2n) is 1.52. The van der Waals surface area contributed by atoms with Gasteiger partial charge in [-0.15, -0.1) is 5.10 Å². The van der Waals surface area contributed by atoms with Gasteiger partial charge in [-0.3, -0.25) is 4.79 Å². The third kappa shape index (κ3) is 1.04. The molecule has 0 atom stereocenters. The second-order valence-corrected chi connectivity index (χ2v) is 1.52. The number of hydrogen-bond donors (Lipinski definition) is 2. The van der Waals surface area contributed by atoms with Gasteiger partial charge in [-0.1, -0.05) is 0 Å². The number of amides is 1. The average molecular weight is 126 g/mol. The van der Waals surface area contributed by atoms with Crippen LogP contribution >= 0.6 is 0 Å². The van der Waals surface area contributed by atoms with Crippen molar-refractivity contribution in [1.82, 2.24) is 15.4 Å². The van der Waals surface area contributed by atoms with Crippen LogP contribution in [0.2, 0.25) is 0 Å². The number of aromatic nitrogens is 3. The first kappa shape index (κ1) is 5.74. The number of H-pyrrole nitrogens is 1. The Bertz CT molecular complexity index is 206. The molecule has 0 bridgehead atoms. The summed E-state index contributed by atoms with van der Waals surface area (Å²) in [5.41, 5.74) is 0.683. The Morgan fingerprint density at radius 1 is 1.67 bits per heavy atom. The van der Waals surface area contributed by atoms with Crippen LogP contribution in [0.5, 0.6) is 0 Å². The number of rotatable bonds is 2. The van der Waals surface area contributed by atoms with Gasteiger partial charge in [0.1, 0.15) is 5.69 Å². The Morgan fingerprint density at radius 3 is 2.89 bits per heavy atom. The molecule has 0 aliphatic rings. The molecule has 0 unspecified atom stereocenters. The summed E-state index contributed by atoms with van der Waals surface area (Å²) in [4.78, 5) is 9.83. The van der Waals surface area contributed by atoms with E-state index in [-0.39, 0.29) is 0 Å². The first-order chi connectivity index (χ1) is 4.34. The molecule has 1 amide bonds. The number of carbonyl (C=O) groups excluding carboxylic acids is 1. The lowest BCUT2D eigenvalue weighted by Crippen LogP contribution is -1.95. The van der Waals surface area contributed by atoms with E-state index in [1.54, 1.807) is 6.92 Å². The fraction of sp³-hybridized carbons (Fsp3) is 0.250. The molecule has 9 heavy (non-hydrogen) atoms. The van der Waals surface area contributed by atoms with E-state index in [4.69, 9.17) is 0 Å². The average Bonchev–Trinajstić information content (AvgIpc) is 2.18. The van der Waals surface area contributed by atoms with E-state index in [1.807, 2.05) is 0 Å².